The van der Waals surface area contributed by atoms with E-state index in [1.165, 1.54) is 6.07 Å². The number of phenols is 1. The summed E-state index contributed by atoms with van der Waals surface area (Å²) < 4.78 is 13.0. The highest BCUT2D eigenvalue weighted by Gasteiger charge is 2.16. The second kappa shape index (κ2) is 5.85. The predicted molar refractivity (Wildman–Crippen MR) is 91.2 cm³/mol. The van der Waals surface area contributed by atoms with Crippen LogP contribution in [-0.4, -0.2) is 26.7 Å². The Kier molecular flexibility index (Phi) is 3.66. The Bertz CT molecular complexity index is 983. The number of H-pyrrole nitrogens is 1. The van der Waals surface area contributed by atoms with E-state index in [1.54, 1.807) is 16.7 Å². The number of hydrogen-bond donors (Lipinski definition) is 2. The van der Waals surface area contributed by atoms with Gasteiger partial charge in [-0.3, -0.25) is 9.67 Å². The molecule has 2 N–H and O–H groups in total. The van der Waals surface area contributed by atoms with Crippen LogP contribution in [-0.2, 0) is 6.54 Å². The predicted octanol–water partition coefficient (Wildman–Crippen LogP) is 3.74. The average Bonchev–Trinajstić information content (AvgIpc) is 3.17. The molecule has 122 valence electrons. The third-order valence-corrected chi connectivity index (χ3v) is 4.28. The van der Waals surface area contributed by atoms with Crippen LogP contribution in [0.1, 0.15) is 5.56 Å². The maximum atomic E-state index is 10.1. The molecular weight excluding hydrogens is 350 g/mol. The first kappa shape index (κ1) is 15.0. The molecule has 2 aromatic carbocycles. The first-order valence-electron chi connectivity index (χ1n) is 7.14. The molecule has 0 fully saturated rings. The summed E-state index contributed by atoms with van der Waals surface area (Å²) in [5.41, 5.74) is 1.48. The molecule has 8 heteroatoms. The number of ether oxygens (including phenoxy) is 2. The maximum Gasteiger partial charge on any atom is 0.231 e. The minimum Gasteiger partial charge on any atom is -0.507 e. The molecule has 0 aliphatic carbocycles. The van der Waals surface area contributed by atoms with Crippen LogP contribution in [0.15, 0.2) is 36.4 Å². The maximum absolute atomic E-state index is 10.1. The molecule has 4 rings (SSSR count). The minimum atomic E-state index is 0.0836. The Morgan fingerprint density at radius 3 is 2.92 bits per heavy atom. The quantitative estimate of drug-likeness (QED) is 0.695. The second-order valence-corrected chi connectivity index (χ2v) is 6.11. The summed E-state index contributed by atoms with van der Waals surface area (Å²) in [6.07, 6.45) is 0. The van der Waals surface area contributed by atoms with Gasteiger partial charge in [-0.05, 0) is 48.1 Å². The highest BCUT2D eigenvalue weighted by Crippen LogP contribution is 2.34. The van der Waals surface area contributed by atoms with Crippen molar-refractivity contribution in [1.82, 2.24) is 14.8 Å². The molecule has 2 heterocycles. The van der Waals surface area contributed by atoms with Crippen molar-refractivity contribution in [2.75, 3.05) is 6.79 Å². The monoisotopic (exact) mass is 361 g/mol. The average molecular weight is 362 g/mol. The van der Waals surface area contributed by atoms with E-state index in [2.05, 4.69) is 10.2 Å². The standard InChI is InChI=1S/C16H12ClN3O3S/c17-10-2-3-12(21)11(6-10)15-18-19-16(24)20(15)7-9-1-4-13-14(5-9)23-8-22-13/h1-6,21H,7-8H2,(H,19,24). The van der Waals surface area contributed by atoms with Gasteiger partial charge in [0, 0.05) is 5.02 Å². The van der Waals surface area contributed by atoms with Gasteiger partial charge in [0.15, 0.2) is 22.1 Å². The molecule has 0 bridgehead atoms. The zero-order valence-electron chi connectivity index (χ0n) is 12.3. The zero-order chi connectivity index (χ0) is 16.7. The van der Waals surface area contributed by atoms with E-state index in [1.807, 2.05) is 18.2 Å². The first-order chi connectivity index (χ1) is 11.6. The molecule has 1 aliphatic heterocycles. The van der Waals surface area contributed by atoms with Crippen molar-refractivity contribution in [2.24, 2.45) is 0 Å². The van der Waals surface area contributed by atoms with Crippen molar-refractivity contribution in [2.45, 2.75) is 6.54 Å². The fraction of sp³-hybridized carbons (Fsp3) is 0.125. The highest BCUT2D eigenvalue weighted by atomic mass is 35.5. The number of phenolic OH excluding ortho intramolecular Hbond substituents is 1. The molecule has 0 spiro atoms. The van der Waals surface area contributed by atoms with E-state index < -0.39 is 0 Å². The van der Waals surface area contributed by atoms with Crippen LogP contribution in [0.3, 0.4) is 0 Å². The van der Waals surface area contributed by atoms with Crippen molar-refractivity contribution in [1.29, 1.82) is 0 Å². The van der Waals surface area contributed by atoms with Gasteiger partial charge in [0.25, 0.3) is 0 Å². The first-order valence-corrected chi connectivity index (χ1v) is 7.93. The Hall–Kier alpha value is -2.51. The van der Waals surface area contributed by atoms with Crippen molar-refractivity contribution in [3.63, 3.8) is 0 Å². The van der Waals surface area contributed by atoms with E-state index in [9.17, 15) is 5.11 Å². The molecular formula is C16H12ClN3O3S. The molecule has 3 aromatic rings. The summed E-state index contributed by atoms with van der Waals surface area (Å²) in [5, 5.41) is 17.6. The Morgan fingerprint density at radius 2 is 2.04 bits per heavy atom. The van der Waals surface area contributed by atoms with E-state index in [4.69, 9.17) is 33.3 Å². The molecule has 6 nitrogen and oxygen atoms in total. The molecule has 1 aliphatic rings. The van der Waals surface area contributed by atoms with Gasteiger partial charge in [-0.25, -0.2) is 0 Å². The molecule has 0 amide bonds. The zero-order valence-corrected chi connectivity index (χ0v) is 13.9. The van der Waals surface area contributed by atoms with Crippen molar-refractivity contribution in [3.8, 4) is 28.6 Å². The number of hydrogen-bond acceptors (Lipinski definition) is 5. The SMILES string of the molecule is Oc1ccc(Cl)cc1-c1n[nH]c(=S)n1Cc1ccc2c(c1)OCO2. The summed E-state index contributed by atoms with van der Waals surface area (Å²) in [6, 6.07) is 10.5. The topological polar surface area (TPSA) is 72.3 Å². The van der Waals surface area contributed by atoms with Crippen LogP contribution in [0.5, 0.6) is 17.2 Å². The van der Waals surface area contributed by atoms with Crippen LogP contribution in [0.25, 0.3) is 11.4 Å². The smallest absolute Gasteiger partial charge is 0.231 e. The summed E-state index contributed by atoms with van der Waals surface area (Å²) in [4.78, 5) is 0. The van der Waals surface area contributed by atoms with Gasteiger partial charge < -0.3 is 14.6 Å². The van der Waals surface area contributed by atoms with Crippen LogP contribution in [0.4, 0.5) is 0 Å². The van der Waals surface area contributed by atoms with Gasteiger partial charge >= 0.3 is 0 Å². The highest BCUT2D eigenvalue weighted by molar-refractivity contribution is 7.71. The lowest BCUT2D eigenvalue weighted by Crippen LogP contribution is -2.02. The van der Waals surface area contributed by atoms with Crippen LogP contribution < -0.4 is 9.47 Å². The number of aromatic amines is 1. The number of rotatable bonds is 3. The van der Waals surface area contributed by atoms with Crippen molar-refractivity contribution >= 4 is 23.8 Å². The number of aromatic nitrogens is 3. The molecule has 0 radical (unpaired) electrons. The Balaban J connectivity index is 1.75. The lowest BCUT2D eigenvalue weighted by Gasteiger charge is -2.09. The summed E-state index contributed by atoms with van der Waals surface area (Å²) >= 11 is 11.4. The number of halogens is 1. The van der Waals surface area contributed by atoms with E-state index in [0.29, 0.717) is 33.5 Å². The van der Waals surface area contributed by atoms with Gasteiger partial charge in [0.05, 0.1) is 12.1 Å². The third kappa shape index (κ3) is 2.61. The Morgan fingerprint density at radius 1 is 1.21 bits per heavy atom. The van der Waals surface area contributed by atoms with Crippen LogP contribution in [0, 0.1) is 4.77 Å². The van der Waals surface area contributed by atoms with Gasteiger partial charge in [0.1, 0.15) is 5.75 Å². The van der Waals surface area contributed by atoms with Crippen molar-refractivity contribution < 1.29 is 14.6 Å². The molecule has 0 saturated heterocycles. The number of benzene rings is 2. The molecule has 24 heavy (non-hydrogen) atoms. The fourth-order valence-electron chi connectivity index (χ4n) is 2.58. The fourth-order valence-corrected chi connectivity index (χ4v) is 2.95. The normalized spacial score (nSPS) is 12.5. The van der Waals surface area contributed by atoms with E-state index >= 15 is 0 Å². The van der Waals surface area contributed by atoms with Crippen LogP contribution >= 0.6 is 23.8 Å². The molecule has 0 unspecified atom stereocenters. The number of nitrogens with one attached hydrogen (secondary N) is 1. The Labute approximate surface area is 147 Å². The second-order valence-electron chi connectivity index (χ2n) is 5.29. The van der Waals surface area contributed by atoms with Gasteiger partial charge in [-0.15, -0.1) is 0 Å². The van der Waals surface area contributed by atoms with E-state index in [-0.39, 0.29) is 12.5 Å². The number of fused-ring (bicyclic) bond motifs is 1. The van der Waals surface area contributed by atoms with Gasteiger partial charge in [-0.2, -0.15) is 5.10 Å². The summed E-state index contributed by atoms with van der Waals surface area (Å²) in [6.45, 7) is 0.693. The minimum absolute atomic E-state index is 0.0836. The number of nitrogens with zero attached hydrogens (tertiary/aromatic N) is 2. The molecule has 0 atom stereocenters. The van der Waals surface area contributed by atoms with E-state index in [0.717, 1.165) is 11.3 Å². The summed E-state index contributed by atoms with van der Waals surface area (Å²) in [5.74, 6) is 2.02. The summed E-state index contributed by atoms with van der Waals surface area (Å²) in [7, 11) is 0. The van der Waals surface area contributed by atoms with Crippen LogP contribution in [0.2, 0.25) is 5.02 Å². The molecule has 0 saturated carbocycles. The third-order valence-electron chi connectivity index (χ3n) is 3.74. The van der Waals surface area contributed by atoms with Crippen molar-refractivity contribution in [3.05, 3.63) is 51.8 Å². The lowest BCUT2D eigenvalue weighted by atomic mass is 10.1. The largest absolute Gasteiger partial charge is 0.507 e. The number of aromatic hydroxyl groups is 1. The lowest BCUT2D eigenvalue weighted by molar-refractivity contribution is 0.174. The van der Waals surface area contributed by atoms with Gasteiger partial charge in [-0.1, -0.05) is 17.7 Å². The van der Waals surface area contributed by atoms with Gasteiger partial charge in [0.2, 0.25) is 6.79 Å². The molecule has 1 aromatic heterocycles.